The molecule has 3 atom stereocenters. The number of nitrogens with one attached hydrogen (secondary N) is 2. The predicted molar refractivity (Wildman–Crippen MR) is 193 cm³/mol. The number of amides is 2. The molecule has 2 aromatic heterocycles. The Morgan fingerprint density at radius 2 is 1.43 bits per heavy atom. The Morgan fingerprint density at radius 3 is 2.00 bits per heavy atom. The number of carboxylic acids is 1. The quantitative estimate of drug-likeness (QED) is 0.103. The maximum Gasteiger partial charge on any atom is 0.422 e. The van der Waals surface area contributed by atoms with Crippen molar-refractivity contribution in [1.82, 2.24) is 20.6 Å². The third-order valence-electron chi connectivity index (χ3n) is 8.11. The average Bonchev–Trinajstić information content (AvgIpc) is 3.65. The fourth-order valence-electron chi connectivity index (χ4n) is 5.23. The molecule has 0 aliphatic rings. The number of alkyl halides is 3. The van der Waals surface area contributed by atoms with Crippen LogP contribution in [0.15, 0.2) is 103 Å². The van der Waals surface area contributed by atoms with Crippen molar-refractivity contribution in [2.75, 3.05) is 6.61 Å². The molecule has 5 aromatic rings. The van der Waals surface area contributed by atoms with Gasteiger partial charge in [0.15, 0.2) is 18.5 Å². The summed E-state index contributed by atoms with van der Waals surface area (Å²) in [6.45, 7) is 4.67. The van der Waals surface area contributed by atoms with E-state index in [4.69, 9.17) is 4.74 Å². The van der Waals surface area contributed by atoms with Gasteiger partial charge in [0, 0.05) is 34.8 Å². The molecule has 276 valence electrons. The first-order chi connectivity index (χ1) is 25.1. The topological polar surface area (TPSA) is 151 Å². The molecule has 0 aliphatic carbocycles. The Labute approximate surface area is 307 Å². The van der Waals surface area contributed by atoms with E-state index >= 15 is 0 Å². The summed E-state index contributed by atoms with van der Waals surface area (Å²) in [7, 11) is 0. The highest BCUT2D eigenvalue weighted by atomic mass is 32.1. The number of hydrogen-bond acceptors (Lipinski definition) is 8. The van der Waals surface area contributed by atoms with E-state index in [2.05, 4.69) is 20.6 Å². The lowest BCUT2D eigenvalue weighted by atomic mass is 9.95. The van der Waals surface area contributed by atoms with Crippen LogP contribution >= 0.6 is 11.3 Å². The number of thiophene rings is 1. The zero-order valence-electron chi connectivity index (χ0n) is 28.9. The van der Waals surface area contributed by atoms with Crippen molar-refractivity contribution in [3.8, 4) is 28.3 Å². The van der Waals surface area contributed by atoms with E-state index in [1.54, 1.807) is 85.2 Å². The maximum absolute atomic E-state index is 13.7. The molecule has 3 unspecified atom stereocenters. The van der Waals surface area contributed by atoms with Crippen LogP contribution in [-0.2, 0) is 21.4 Å². The van der Waals surface area contributed by atoms with Gasteiger partial charge in [0.1, 0.15) is 17.9 Å². The molecule has 4 N–H and O–H groups in total. The number of ether oxygens (including phenoxy) is 1. The van der Waals surface area contributed by atoms with Crippen LogP contribution in [0.1, 0.15) is 52.6 Å². The van der Waals surface area contributed by atoms with Gasteiger partial charge in [-0.15, -0.1) is 11.3 Å². The second-order valence-electron chi connectivity index (χ2n) is 13.2. The summed E-state index contributed by atoms with van der Waals surface area (Å²) in [5.74, 6) is -2.28. The van der Waals surface area contributed by atoms with Crippen LogP contribution in [0.4, 0.5) is 13.2 Å². The van der Waals surface area contributed by atoms with Crippen LogP contribution in [0.3, 0.4) is 0 Å². The number of aliphatic hydroxyl groups excluding tert-OH is 1. The van der Waals surface area contributed by atoms with Crippen molar-refractivity contribution >= 4 is 29.1 Å². The molecule has 0 saturated carbocycles. The van der Waals surface area contributed by atoms with Gasteiger partial charge in [-0.3, -0.25) is 9.59 Å². The molecule has 14 heteroatoms. The molecule has 53 heavy (non-hydrogen) atoms. The van der Waals surface area contributed by atoms with E-state index in [0.29, 0.717) is 38.5 Å². The van der Waals surface area contributed by atoms with Crippen LogP contribution in [0, 0.1) is 0 Å². The first-order valence-electron chi connectivity index (χ1n) is 16.5. The molecule has 2 amide bonds. The number of carbonyl (C=O) groups excluding carboxylic acids is 2. The molecule has 0 spiro atoms. The fraction of sp³-hybridized carbons (Fsp3) is 0.256. The Kier molecular flexibility index (Phi) is 11.9. The molecular formula is C39H37F3N4O6S. The summed E-state index contributed by atoms with van der Waals surface area (Å²) in [5.41, 5.74) is 2.69. The number of carboxylic acid groups (broad SMARTS) is 1. The van der Waals surface area contributed by atoms with Gasteiger partial charge in [-0.05, 0) is 46.4 Å². The maximum atomic E-state index is 13.7. The van der Waals surface area contributed by atoms with Gasteiger partial charge in [0.25, 0.3) is 5.91 Å². The van der Waals surface area contributed by atoms with Crippen molar-refractivity contribution < 1.29 is 42.5 Å². The minimum absolute atomic E-state index is 0.00833. The Bertz CT molecular complexity index is 2010. The average molecular weight is 747 g/mol. The molecule has 10 nitrogen and oxygen atoms in total. The van der Waals surface area contributed by atoms with Crippen molar-refractivity contribution in [1.29, 1.82) is 0 Å². The molecule has 2 heterocycles. The highest BCUT2D eigenvalue weighted by molar-refractivity contribution is 7.14. The Morgan fingerprint density at radius 1 is 0.811 bits per heavy atom. The second-order valence-corrected chi connectivity index (χ2v) is 14.3. The van der Waals surface area contributed by atoms with E-state index in [1.165, 1.54) is 23.5 Å². The van der Waals surface area contributed by atoms with E-state index in [9.17, 15) is 37.8 Å². The van der Waals surface area contributed by atoms with Crippen molar-refractivity contribution in [2.45, 2.75) is 57.0 Å². The molecule has 5 rings (SSSR count). The first kappa shape index (κ1) is 38.6. The number of aliphatic carboxylic acids is 1. The number of hydrogen-bond donors (Lipinski definition) is 4. The summed E-state index contributed by atoms with van der Waals surface area (Å²) in [6.07, 6.45) is -2.84. The zero-order chi connectivity index (χ0) is 38.3. The molecule has 0 saturated heterocycles. The van der Waals surface area contributed by atoms with Gasteiger partial charge in [-0.25, -0.2) is 14.8 Å². The van der Waals surface area contributed by atoms with Gasteiger partial charge < -0.3 is 25.6 Å². The van der Waals surface area contributed by atoms with Gasteiger partial charge in [0.05, 0.1) is 4.88 Å². The summed E-state index contributed by atoms with van der Waals surface area (Å²) >= 11 is 1.30. The van der Waals surface area contributed by atoms with E-state index in [0.717, 1.165) is 4.88 Å². The van der Waals surface area contributed by atoms with Crippen LogP contribution in [0.2, 0.25) is 0 Å². The lowest BCUT2D eigenvalue weighted by Gasteiger charge is -2.24. The van der Waals surface area contributed by atoms with Gasteiger partial charge in [-0.2, -0.15) is 13.2 Å². The number of rotatable bonds is 13. The van der Waals surface area contributed by atoms with Crippen molar-refractivity contribution in [3.63, 3.8) is 0 Å². The minimum atomic E-state index is -4.44. The summed E-state index contributed by atoms with van der Waals surface area (Å²) in [6, 6.07) is 21.7. The third kappa shape index (κ3) is 10.5. The standard InChI is InChI=1S/C39H37F3N4O6S/c1-38(2,3)31-18-17-30(53-31)36(49)45-29(35(48)46-32(37(50)51)33(47)25-7-5-4-6-8-25)19-23-9-11-26(12-10-23)34-43-20-27(21-44-34)24-13-15-28(16-14-24)52-22-39(40,41)42/h4-18,20-21,29,32-33,47H,19,22H2,1-3H3,(H,45,49)(H,46,48)(H,50,51). The number of halogens is 3. The number of benzene rings is 3. The lowest BCUT2D eigenvalue weighted by molar-refractivity contribution is -0.153. The lowest BCUT2D eigenvalue weighted by Crippen LogP contribution is -2.54. The highest BCUT2D eigenvalue weighted by Gasteiger charge is 2.33. The van der Waals surface area contributed by atoms with E-state index in [-0.39, 0.29) is 17.6 Å². The minimum Gasteiger partial charge on any atom is -0.484 e. The number of nitrogens with zero attached hydrogens (tertiary/aromatic N) is 2. The molecule has 0 aliphatic heterocycles. The summed E-state index contributed by atoms with van der Waals surface area (Å²) in [5, 5.41) is 26.0. The fourth-order valence-corrected chi connectivity index (χ4v) is 6.20. The smallest absolute Gasteiger partial charge is 0.422 e. The van der Waals surface area contributed by atoms with Gasteiger partial charge in [-0.1, -0.05) is 87.5 Å². The van der Waals surface area contributed by atoms with Gasteiger partial charge in [0.2, 0.25) is 5.91 Å². The number of aromatic nitrogens is 2. The molecule has 3 aromatic carbocycles. The number of carbonyl (C=O) groups is 3. The molecule has 0 fully saturated rings. The van der Waals surface area contributed by atoms with Gasteiger partial charge >= 0.3 is 12.1 Å². The van der Waals surface area contributed by atoms with Crippen LogP contribution in [0.25, 0.3) is 22.5 Å². The third-order valence-corrected chi connectivity index (χ3v) is 9.62. The second kappa shape index (κ2) is 16.4. The van der Waals surface area contributed by atoms with Crippen LogP contribution < -0.4 is 15.4 Å². The van der Waals surface area contributed by atoms with Crippen LogP contribution in [-0.4, -0.2) is 62.8 Å². The SMILES string of the molecule is CC(C)(C)c1ccc(C(=O)NC(Cc2ccc(-c3ncc(-c4ccc(OCC(F)(F)F)cc4)cn3)cc2)C(=O)NC(C(=O)O)C(O)c2ccccc2)s1. The Hall–Kier alpha value is -5.60. The molecule has 0 radical (unpaired) electrons. The monoisotopic (exact) mass is 746 g/mol. The highest BCUT2D eigenvalue weighted by Crippen LogP contribution is 2.30. The predicted octanol–water partition coefficient (Wildman–Crippen LogP) is 6.75. The normalized spacial score (nSPS) is 13.4. The Balaban J connectivity index is 1.32. The summed E-state index contributed by atoms with van der Waals surface area (Å²) in [4.78, 5) is 49.5. The summed E-state index contributed by atoms with van der Waals surface area (Å²) < 4.78 is 42.1. The van der Waals surface area contributed by atoms with Crippen molar-refractivity contribution in [3.05, 3.63) is 124 Å². The number of aliphatic hydroxyl groups is 1. The molecule has 0 bridgehead atoms. The largest absolute Gasteiger partial charge is 0.484 e. The first-order valence-corrected chi connectivity index (χ1v) is 17.3. The van der Waals surface area contributed by atoms with E-state index < -0.39 is 48.8 Å². The van der Waals surface area contributed by atoms with Crippen LogP contribution in [0.5, 0.6) is 5.75 Å². The molecular weight excluding hydrogens is 710 g/mol. The van der Waals surface area contributed by atoms with Crippen molar-refractivity contribution in [2.24, 2.45) is 0 Å². The van der Waals surface area contributed by atoms with E-state index in [1.807, 2.05) is 26.8 Å². The zero-order valence-corrected chi connectivity index (χ0v) is 29.7.